The second-order valence-corrected chi connectivity index (χ2v) is 18.7. The molecule has 4 nitrogen and oxygen atoms in total. The van der Waals surface area contributed by atoms with Crippen LogP contribution in [-0.4, -0.2) is 57.5 Å². The predicted octanol–water partition coefficient (Wildman–Crippen LogP) is 15.1. The summed E-state index contributed by atoms with van der Waals surface area (Å²) < 4.78 is 0. The Morgan fingerprint density at radius 2 is 0.868 bits per heavy atom. The quantitative estimate of drug-likeness (QED) is 0.0622. The van der Waals surface area contributed by atoms with Crippen LogP contribution in [0.4, 0.5) is 0 Å². The number of hydrogen-bond donors (Lipinski definition) is 1. The minimum absolute atomic E-state index is 0.262. The highest BCUT2D eigenvalue weighted by atomic mass is 32.2. The molecule has 0 aliphatic rings. The van der Waals surface area contributed by atoms with Gasteiger partial charge in [0.05, 0.1) is 0 Å². The van der Waals surface area contributed by atoms with Crippen LogP contribution >= 0.6 is 23.5 Å². The van der Waals surface area contributed by atoms with E-state index in [2.05, 4.69) is 32.6 Å². The maximum Gasteiger partial charge on any atom is 0.192 e. The van der Waals surface area contributed by atoms with Crippen LogP contribution in [0.1, 0.15) is 246 Å². The van der Waals surface area contributed by atoms with E-state index in [-0.39, 0.29) is 12.5 Å². The van der Waals surface area contributed by atoms with Crippen LogP contribution in [0.25, 0.3) is 0 Å². The molecule has 0 aromatic carbocycles. The second-order valence-electron chi connectivity index (χ2n) is 16.3. The Balaban J connectivity index is 4.29. The van der Waals surface area contributed by atoms with Gasteiger partial charge in [0, 0.05) is 36.5 Å². The SMILES string of the molecule is CCCCCCCCC(CCCCCC)SC(=O)CCCCCCN(CCCO)CCCCCCSC(=O)C(CCCCCC)CCCCCCCC. The average molecular weight is 784 g/mol. The van der Waals surface area contributed by atoms with Crippen molar-refractivity contribution in [3.63, 3.8) is 0 Å². The zero-order valence-electron chi connectivity index (χ0n) is 36.3. The van der Waals surface area contributed by atoms with Crippen LogP contribution < -0.4 is 0 Å². The van der Waals surface area contributed by atoms with Crippen LogP contribution in [-0.2, 0) is 9.59 Å². The average Bonchev–Trinajstić information content (AvgIpc) is 3.16. The Hall–Kier alpha value is -0.0400. The maximum absolute atomic E-state index is 13.1. The molecule has 0 amide bonds. The van der Waals surface area contributed by atoms with Crippen molar-refractivity contribution in [2.75, 3.05) is 32.0 Å². The zero-order valence-corrected chi connectivity index (χ0v) is 37.9. The third kappa shape index (κ3) is 37.3. The lowest BCUT2D eigenvalue weighted by atomic mass is 9.95. The van der Waals surface area contributed by atoms with Gasteiger partial charge in [-0.1, -0.05) is 205 Å². The van der Waals surface area contributed by atoms with Gasteiger partial charge in [-0.25, -0.2) is 0 Å². The van der Waals surface area contributed by atoms with Crippen LogP contribution in [0.3, 0.4) is 0 Å². The molecule has 53 heavy (non-hydrogen) atoms. The predicted molar refractivity (Wildman–Crippen MR) is 241 cm³/mol. The zero-order chi connectivity index (χ0) is 38.9. The van der Waals surface area contributed by atoms with Gasteiger partial charge in [-0.3, -0.25) is 9.59 Å². The van der Waals surface area contributed by atoms with Gasteiger partial charge in [-0.05, 0) is 70.9 Å². The number of nitrogens with zero attached hydrogens (tertiary/aromatic N) is 1. The summed E-state index contributed by atoms with van der Waals surface area (Å²) in [6.45, 7) is 12.5. The summed E-state index contributed by atoms with van der Waals surface area (Å²) in [5, 5.41) is 10.9. The minimum Gasteiger partial charge on any atom is -0.396 e. The number of carbonyl (C=O) groups is 2. The van der Waals surface area contributed by atoms with Crippen molar-refractivity contribution in [3.8, 4) is 0 Å². The highest BCUT2D eigenvalue weighted by Crippen LogP contribution is 2.27. The molecule has 0 aromatic rings. The molecule has 0 fully saturated rings. The van der Waals surface area contributed by atoms with Gasteiger partial charge in [0.2, 0.25) is 0 Å². The lowest BCUT2D eigenvalue weighted by molar-refractivity contribution is -0.115. The molecule has 2 atom stereocenters. The van der Waals surface area contributed by atoms with E-state index >= 15 is 0 Å². The van der Waals surface area contributed by atoms with Crippen LogP contribution in [0.15, 0.2) is 0 Å². The number of hydrogen-bond acceptors (Lipinski definition) is 6. The van der Waals surface area contributed by atoms with Gasteiger partial charge in [0.25, 0.3) is 0 Å². The van der Waals surface area contributed by atoms with Crippen molar-refractivity contribution in [1.29, 1.82) is 0 Å². The maximum atomic E-state index is 13.1. The highest BCUT2D eigenvalue weighted by Gasteiger charge is 2.18. The Labute approximate surface area is 341 Å². The molecule has 0 rings (SSSR count). The van der Waals surface area contributed by atoms with E-state index < -0.39 is 0 Å². The standard InChI is InChI=1S/C47H93NO3S2/c1-5-9-13-17-19-26-35-44(34-25-15-11-7-3)47(51)52-43-32-24-23-31-40-48(41-33-42-49)39-30-22-21-29-38-46(50)53-45(36-27-16-12-8-4)37-28-20-18-14-10-6-2/h44-45,49H,5-43H2,1-4H3. The second kappa shape index (κ2) is 43.1. The minimum atomic E-state index is 0.262. The number of aliphatic hydroxyl groups is 1. The number of thioether (sulfide) groups is 2. The molecular formula is C47H93NO3S2. The lowest BCUT2D eigenvalue weighted by Gasteiger charge is -2.22. The van der Waals surface area contributed by atoms with Crippen LogP contribution in [0, 0.1) is 5.92 Å². The smallest absolute Gasteiger partial charge is 0.192 e. The number of aliphatic hydroxyl groups excluding tert-OH is 1. The van der Waals surface area contributed by atoms with Crippen LogP contribution in [0.2, 0.25) is 0 Å². The first-order valence-electron chi connectivity index (χ1n) is 23.7. The molecule has 2 unspecified atom stereocenters. The summed E-state index contributed by atoms with van der Waals surface area (Å²) in [5.74, 6) is 1.26. The molecule has 0 heterocycles. The van der Waals surface area contributed by atoms with E-state index in [0.29, 0.717) is 15.5 Å². The van der Waals surface area contributed by atoms with E-state index in [1.165, 1.54) is 173 Å². The van der Waals surface area contributed by atoms with Gasteiger partial charge in [0.1, 0.15) is 0 Å². The number of carbonyl (C=O) groups excluding carboxylic acids is 2. The van der Waals surface area contributed by atoms with Gasteiger partial charge in [-0.2, -0.15) is 0 Å². The fraction of sp³-hybridized carbons (Fsp3) is 0.957. The Kier molecular flexibility index (Phi) is 43.1. The summed E-state index contributed by atoms with van der Waals surface area (Å²) in [5.41, 5.74) is 0. The normalized spacial score (nSPS) is 12.9. The molecular weight excluding hydrogens is 691 g/mol. The molecule has 316 valence electrons. The fourth-order valence-corrected chi connectivity index (χ4v) is 9.72. The van der Waals surface area contributed by atoms with Crippen molar-refractivity contribution >= 4 is 33.8 Å². The lowest BCUT2D eigenvalue weighted by Crippen LogP contribution is -2.28. The first-order valence-corrected chi connectivity index (χ1v) is 25.6. The van der Waals surface area contributed by atoms with Crippen molar-refractivity contribution in [1.82, 2.24) is 4.90 Å². The molecule has 6 heteroatoms. The van der Waals surface area contributed by atoms with Gasteiger partial charge in [0.15, 0.2) is 10.2 Å². The largest absolute Gasteiger partial charge is 0.396 e. The van der Waals surface area contributed by atoms with E-state index in [4.69, 9.17) is 0 Å². The van der Waals surface area contributed by atoms with Crippen molar-refractivity contribution < 1.29 is 14.7 Å². The van der Waals surface area contributed by atoms with Gasteiger partial charge >= 0.3 is 0 Å². The van der Waals surface area contributed by atoms with Crippen molar-refractivity contribution in [2.45, 2.75) is 251 Å². The monoisotopic (exact) mass is 784 g/mol. The fourth-order valence-electron chi connectivity index (χ4n) is 7.50. The molecule has 1 N–H and O–H groups in total. The molecule has 0 aromatic heterocycles. The Morgan fingerprint density at radius 3 is 1.38 bits per heavy atom. The summed E-state index contributed by atoms with van der Waals surface area (Å²) in [7, 11) is 0. The first kappa shape index (κ1) is 53.0. The molecule has 0 spiro atoms. The van der Waals surface area contributed by atoms with Crippen molar-refractivity contribution in [3.05, 3.63) is 0 Å². The third-order valence-electron chi connectivity index (χ3n) is 11.1. The molecule has 0 radical (unpaired) electrons. The van der Waals surface area contributed by atoms with E-state index in [9.17, 15) is 14.7 Å². The van der Waals surface area contributed by atoms with E-state index in [1.807, 2.05) is 0 Å². The molecule has 0 aliphatic carbocycles. The summed E-state index contributed by atoms with van der Waals surface area (Å²) >= 11 is 3.32. The van der Waals surface area contributed by atoms with Crippen LogP contribution in [0.5, 0.6) is 0 Å². The number of rotatable bonds is 43. The topological polar surface area (TPSA) is 57.6 Å². The summed E-state index contributed by atoms with van der Waals surface area (Å²) in [6, 6.07) is 0. The van der Waals surface area contributed by atoms with Gasteiger partial charge in [-0.15, -0.1) is 0 Å². The first-order chi connectivity index (χ1) is 26.0. The third-order valence-corrected chi connectivity index (χ3v) is 13.4. The van der Waals surface area contributed by atoms with Crippen molar-refractivity contribution in [2.24, 2.45) is 5.92 Å². The molecule has 0 saturated carbocycles. The summed E-state index contributed by atoms with van der Waals surface area (Å²) in [6.07, 6.45) is 41.6. The van der Waals surface area contributed by atoms with Gasteiger partial charge < -0.3 is 10.0 Å². The van der Waals surface area contributed by atoms with E-state index in [1.54, 1.807) is 23.5 Å². The number of unbranched alkanes of at least 4 members (excludes halogenated alkanes) is 22. The molecule has 0 saturated heterocycles. The van der Waals surface area contributed by atoms with E-state index in [0.717, 1.165) is 70.3 Å². The molecule has 0 aliphatic heterocycles. The Morgan fingerprint density at radius 1 is 0.472 bits per heavy atom. The summed E-state index contributed by atoms with van der Waals surface area (Å²) in [4.78, 5) is 28.6. The molecule has 0 bridgehead atoms. The Bertz CT molecular complexity index is 766. The highest BCUT2D eigenvalue weighted by molar-refractivity contribution is 8.14.